The first-order valence-electron chi connectivity index (χ1n) is 10.6. The van der Waals surface area contributed by atoms with Gasteiger partial charge in [-0.15, -0.1) is 0 Å². The van der Waals surface area contributed by atoms with E-state index in [0.717, 1.165) is 31.6 Å². The highest BCUT2D eigenvalue weighted by Gasteiger charge is 2.20. The highest BCUT2D eigenvalue weighted by atomic mass is 35.5. The van der Waals surface area contributed by atoms with Gasteiger partial charge in [0.25, 0.3) is 0 Å². The fourth-order valence-electron chi connectivity index (χ4n) is 3.84. The minimum atomic E-state index is -0.0216. The maximum atomic E-state index is 12.5. The summed E-state index contributed by atoms with van der Waals surface area (Å²) in [4.78, 5) is 27.2. The number of aromatic hydroxyl groups is 1. The molecular formula is C24H29ClN2O3. The first kappa shape index (κ1) is 22.3. The largest absolute Gasteiger partial charge is 0.508 e. The van der Waals surface area contributed by atoms with Crippen LogP contribution >= 0.6 is 11.6 Å². The van der Waals surface area contributed by atoms with Crippen molar-refractivity contribution >= 4 is 23.3 Å². The fraction of sp³-hybridized carbons (Fsp3) is 0.417. The number of carbonyl (C=O) groups is 2. The second kappa shape index (κ2) is 11.1. The van der Waals surface area contributed by atoms with Crippen molar-refractivity contribution in [2.75, 3.05) is 19.6 Å². The summed E-state index contributed by atoms with van der Waals surface area (Å²) in [5.74, 6) is 0.0971. The van der Waals surface area contributed by atoms with Crippen LogP contribution in [0, 0.1) is 0 Å². The van der Waals surface area contributed by atoms with E-state index in [2.05, 4.69) is 10.2 Å². The predicted molar refractivity (Wildman–Crippen MR) is 119 cm³/mol. The van der Waals surface area contributed by atoms with Gasteiger partial charge in [-0.3, -0.25) is 9.59 Å². The quantitative estimate of drug-likeness (QED) is 0.556. The van der Waals surface area contributed by atoms with E-state index < -0.39 is 0 Å². The molecule has 1 amide bonds. The molecule has 3 rings (SSSR count). The predicted octanol–water partition coefficient (Wildman–Crippen LogP) is 4.22. The molecule has 1 fully saturated rings. The van der Waals surface area contributed by atoms with E-state index in [1.54, 1.807) is 12.1 Å². The van der Waals surface area contributed by atoms with Crippen molar-refractivity contribution in [1.29, 1.82) is 0 Å². The van der Waals surface area contributed by atoms with Gasteiger partial charge >= 0.3 is 0 Å². The molecule has 5 nitrogen and oxygen atoms in total. The summed E-state index contributed by atoms with van der Waals surface area (Å²) in [6.45, 7) is 2.99. The van der Waals surface area contributed by atoms with E-state index in [1.807, 2.05) is 24.3 Å². The van der Waals surface area contributed by atoms with Gasteiger partial charge in [0.05, 0.1) is 0 Å². The van der Waals surface area contributed by atoms with E-state index in [4.69, 9.17) is 11.6 Å². The third-order valence-corrected chi connectivity index (χ3v) is 5.69. The number of amides is 1. The minimum absolute atomic E-state index is 0.0161. The van der Waals surface area contributed by atoms with E-state index in [0.29, 0.717) is 29.8 Å². The van der Waals surface area contributed by atoms with Crippen molar-refractivity contribution in [3.8, 4) is 5.75 Å². The highest BCUT2D eigenvalue weighted by Crippen LogP contribution is 2.15. The Morgan fingerprint density at radius 3 is 2.33 bits per heavy atom. The number of hydrogen-bond donors (Lipinski definition) is 2. The van der Waals surface area contributed by atoms with Crippen molar-refractivity contribution < 1.29 is 14.7 Å². The number of phenols is 1. The number of Topliss-reactive ketones (excluding diaryl/α,β-unsaturated/α-hetero) is 1. The number of benzene rings is 2. The lowest BCUT2D eigenvalue weighted by Gasteiger charge is -2.25. The first-order chi connectivity index (χ1) is 14.5. The average molecular weight is 429 g/mol. The van der Waals surface area contributed by atoms with Crippen molar-refractivity contribution in [2.24, 2.45) is 0 Å². The Kier molecular flexibility index (Phi) is 8.29. The molecule has 1 heterocycles. The second-order valence-corrected chi connectivity index (χ2v) is 8.36. The molecule has 1 saturated heterocycles. The van der Waals surface area contributed by atoms with Crippen LogP contribution in [0.2, 0.25) is 5.02 Å². The van der Waals surface area contributed by atoms with Gasteiger partial charge in [-0.1, -0.05) is 23.7 Å². The number of hydrogen-bond acceptors (Lipinski definition) is 4. The maximum Gasteiger partial charge on any atom is 0.220 e. The monoisotopic (exact) mass is 428 g/mol. The molecule has 0 radical (unpaired) electrons. The summed E-state index contributed by atoms with van der Waals surface area (Å²) in [7, 11) is 0. The lowest BCUT2D eigenvalue weighted by molar-refractivity contribution is -0.122. The van der Waals surface area contributed by atoms with E-state index in [9.17, 15) is 14.7 Å². The molecule has 30 heavy (non-hydrogen) atoms. The third-order valence-electron chi connectivity index (χ3n) is 5.43. The van der Waals surface area contributed by atoms with Crippen LogP contribution in [0.3, 0.4) is 0 Å². The number of phenolic OH excluding ortho intramolecular Hbond substituents is 1. The van der Waals surface area contributed by atoms with Gasteiger partial charge in [0.1, 0.15) is 5.75 Å². The highest BCUT2D eigenvalue weighted by molar-refractivity contribution is 6.30. The van der Waals surface area contributed by atoms with Crippen LogP contribution < -0.4 is 5.32 Å². The van der Waals surface area contributed by atoms with Crippen LogP contribution in [0.15, 0.2) is 48.5 Å². The molecule has 1 aliphatic rings. The standard InChI is InChI=1S/C24H29ClN2O3/c25-20-10-6-18(7-11-20)16-21(17-27-14-1-2-15-27)26-24(30)5-3-4-23(29)19-8-12-22(28)13-9-19/h6-13,21,28H,1-5,14-17H2,(H,26,30)/t21-/m0/s1. The Bertz CT molecular complexity index is 831. The zero-order valence-corrected chi connectivity index (χ0v) is 17.9. The van der Waals surface area contributed by atoms with Crippen LogP contribution in [0.4, 0.5) is 0 Å². The number of rotatable bonds is 10. The molecule has 0 bridgehead atoms. The summed E-state index contributed by atoms with van der Waals surface area (Å²) in [5.41, 5.74) is 1.70. The van der Waals surface area contributed by atoms with Crippen molar-refractivity contribution in [3.63, 3.8) is 0 Å². The smallest absolute Gasteiger partial charge is 0.220 e. The number of likely N-dealkylation sites (tertiary alicyclic amines) is 1. The van der Waals surface area contributed by atoms with Crippen LogP contribution in [-0.4, -0.2) is 47.4 Å². The van der Waals surface area contributed by atoms with E-state index in [1.165, 1.54) is 25.0 Å². The molecule has 0 aromatic heterocycles. The van der Waals surface area contributed by atoms with Crippen LogP contribution in [0.5, 0.6) is 5.75 Å². The molecule has 160 valence electrons. The molecule has 0 unspecified atom stereocenters. The lowest BCUT2D eigenvalue weighted by Crippen LogP contribution is -2.44. The van der Waals surface area contributed by atoms with Gasteiger partial charge in [-0.05, 0) is 80.7 Å². The number of nitrogens with zero attached hydrogens (tertiary/aromatic N) is 1. The zero-order valence-electron chi connectivity index (χ0n) is 17.1. The van der Waals surface area contributed by atoms with Gasteiger partial charge < -0.3 is 15.3 Å². The molecule has 0 saturated carbocycles. The number of halogens is 1. The third kappa shape index (κ3) is 7.15. The Labute approximate surface area is 183 Å². The molecular weight excluding hydrogens is 400 g/mol. The lowest BCUT2D eigenvalue weighted by atomic mass is 10.0. The Morgan fingerprint density at radius 2 is 1.67 bits per heavy atom. The van der Waals surface area contributed by atoms with Crippen molar-refractivity contribution in [1.82, 2.24) is 10.2 Å². The van der Waals surface area contributed by atoms with Crippen LogP contribution in [0.25, 0.3) is 0 Å². The summed E-state index contributed by atoms with van der Waals surface area (Å²) in [6, 6.07) is 14.0. The Morgan fingerprint density at radius 1 is 1.00 bits per heavy atom. The van der Waals surface area contributed by atoms with Gasteiger partial charge in [0.15, 0.2) is 5.78 Å². The maximum absolute atomic E-state index is 12.5. The normalized spacial score (nSPS) is 15.1. The van der Waals surface area contributed by atoms with E-state index >= 15 is 0 Å². The average Bonchev–Trinajstić information content (AvgIpc) is 3.23. The minimum Gasteiger partial charge on any atom is -0.508 e. The first-order valence-corrected chi connectivity index (χ1v) is 11.0. The zero-order chi connectivity index (χ0) is 21.3. The summed E-state index contributed by atoms with van der Waals surface area (Å²) in [5, 5.41) is 13.2. The Balaban J connectivity index is 1.49. The number of nitrogens with one attached hydrogen (secondary N) is 1. The van der Waals surface area contributed by atoms with Crippen molar-refractivity contribution in [2.45, 2.75) is 44.6 Å². The molecule has 2 aromatic carbocycles. The van der Waals surface area contributed by atoms with E-state index in [-0.39, 0.29) is 23.5 Å². The van der Waals surface area contributed by atoms with Gasteiger partial charge in [-0.25, -0.2) is 0 Å². The van der Waals surface area contributed by atoms with Crippen LogP contribution in [-0.2, 0) is 11.2 Å². The molecule has 2 aromatic rings. The Hall–Kier alpha value is -2.37. The summed E-state index contributed by atoms with van der Waals surface area (Å²) in [6.07, 6.45) is 4.31. The molecule has 0 spiro atoms. The SMILES string of the molecule is O=C(CCCC(=O)c1ccc(O)cc1)N[C@@H](Cc1ccc(Cl)cc1)CN1CCCC1. The van der Waals surface area contributed by atoms with Crippen molar-refractivity contribution in [3.05, 3.63) is 64.7 Å². The number of carbonyl (C=O) groups excluding carboxylic acids is 2. The van der Waals surface area contributed by atoms with Gasteiger partial charge in [0, 0.05) is 36.0 Å². The molecule has 6 heteroatoms. The number of ketones is 1. The topological polar surface area (TPSA) is 69.6 Å². The molecule has 1 aliphatic heterocycles. The molecule has 1 atom stereocenters. The molecule has 0 aliphatic carbocycles. The second-order valence-electron chi connectivity index (χ2n) is 7.93. The summed E-state index contributed by atoms with van der Waals surface area (Å²) >= 11 is 5.99. The van der Waals surface area contributed by atoms with Gasteiger partial charge in [0.2, 0.25) is 5.91 Å². The summed E-state index contributed by atoms with van der Waals surface area (Å²) < 4.78 is 0. The molecule has 2 N–H and O–H groups in total. The van der Waals surface area contributed by atoms with Crippen LogP contribution in [0.1, 0.15) is 48.0 Å². The fourth-order valence-corrected chi connectivity index (χ4v) is 3.97. The van der Waals surface area contributed by atoms with Gasteiger partial charge in [-0.2, -0.15) is 0 Å².